The molecule has 11 heteroatoms. The number of hydrogen-bond acceptors (Lipinski definition) is 7. The number of sulfonamides is 1. The van der Waals surface area contributed by atoms with Gasteiger partial charge in [0.25, 0.3) is 5.56 Å². The van der Waals surface area contributed by atoms with E-state index in [4.69, 9.17) is 4.74 Å². The van der Waals surface area contributed by atoms with Crippen LogP contribution in [0.25, 0.3) is 16.6 Å². The third-order valence-electron chi connectivity index (χ3n) is 5.91. The summed E-state index contributed by atoms with van der Waals surface area (Å²) in [6.07, 6.45) is 0. The number of benzene rings is 3. The lowest BCUT2D eigenvalue weighted by Crippen LogP contribution is -2.25. The number of carbonyl (C=O) groups is 1. The van der Waals surface area contributed by atoms with Crippen LogP contribution in [-0.4, -0.2) is 55.1 Å². The zero-order valence-electron chi connectivity index (χ0n) is 21.7. The summed E-state index contributed by atoms with van der Waals surface area (Å²) in [5.74, 6) is 0.175. The first-order chi connectivity index (χ1) is 18.0. The van der Waals surface area contributed by atoms with Crippen LogP contribution in [0.5, 0.6) is 5.75 Å². The van der Waals surface area contributed by atoms with Gasteiger partial charge in [-0.3, -0.25) is 14.2 Å². The summed E-state index contributed by atoms with van der Waals surface area (Å²) in [5.41, 5.74) is 2.67. The van der Waals surface area contributed by atoms with Crippen molar-refractivity contribution in [2.75, 3.05) is 32.3 Å². The second-order valence-corrected chi connectivity index (χ2v) is 11.9. The van der Waals surface area contributed by atoms with E-state index in [-0.39, 0.29) is 27.3 Å². The van der Waals surface area contributed by atoms with E-state index in [1.54, 1.807) is 43.3 Å². The first kappa shape index (κ1) is 27.4. The molecule has 0 aliphatic carbocycles. The standard InChI is InChI=1S/C27H28N4O5S2/c1-17-10-13-24(36-5)22(14-17)28-25(32)16-37-27-29-21-9-7-6-8-20(21)26(33)31(27)23-15-19(12-11-18(23)2)38(34,35)30(3)4/h6-15H,16H2,1-5H3,(H,28,32). The topological polar surface area (TPSA) is 111 Å². The van der Waals surface area contributed by atoms with Crippen molar-refractivity contribution < 1.29 is 17.9 Å². The highest BCUT2D eigenvalue weighted by Crippen LogP contribution is 2.28. The van der Waals surface area contributed by atoms with Gasteiger partial charge in [0.05, 0.1) is 40.0 Å². The van der Waals surface area contributed by atoms with Crippen molar-refractivity contribution in [3.05, 3.63) is 82.1 Å². The second-order valence-electron chi connectivity index (χ2n) is 8.83. The smallest absolute Gasteiger partial charge is 0.266 e. The van der Waals surface area contributed by atoms with Crippen LogP contribution in [0.15, 0.2) is 75.5 Å². The average Bonchev–Trinajstić information content (AvgIpc) is 2.88. The molecule has 1 aromatic heterocycles. The Morgan fingerprint density at radius 3 is 2.53 bits per heavy atom. The average molecular weight is 553 g/mol. The van der Waals surface area contributed by atoms with Gasteiger partial charge in [0.1, 0.15) is 5.75 Å². The molecule has 198 valence electrons. The molecule has 0 bridgehead atoms. The fourth-order valence-corrected chi connectivity index (χ4v) is 5.59. The Balaban J connectivity index is 1.77. The fourth-order valence-electron chi connectivity index (χ4n) is 3.86. The van der Waals surface area contributed by atoms with Crippen LogP contribution in [0, 0.1) is 13.8 Å². The fraction of sp³-hybridized carbons (Fsp3) is 0.222. The number of nitrogens with zero attached hydrogens (tertiary/aromatic N) is 3. The van der Waals surface area contributed by atoms with Gasteiger partial charge in [0.15, 0.2) is 5.16 Å². The molecule has 38 heavy (non-hydrogen) atoms. The van der Waals surface area contributed by atoms with Gasteiger partial charge >= 0.3 is 0 Å². The van der Waals surface area contributed by atoms with Gasteiger partial charge in [-0.05, 0) is 61.4 Å². The van der Waals surface area contributed by atoms with Gasteiger partial charge in [0, 0.05) is 14.1 Å². The molecule has 3 aromatic carbocycles. The Labute approximate surface area is 225 Å². The van der Waals surface area contributed by atoms with Crippen LogP contribution in [0.1, 0.15) is 11.1 Å². The Morgan fingerprint density at radius 1 is 1.08 bits per heavy atom. The van der Waals surface area contributed by atoms with Crippen LogP contribution in [0.3, 0.4) is 0 Å². The summed E-state index contributed by atoms with van der Waals surface area (Å²) in [4.78, 5) is 31.3. The normalized spacial score (nSPS) is 11.6. The Morgan fingerprint density at radius 2 is 1.82 bits per heavy atom. The lowest BCUT2D eigenvalue weighted by Gasteiger charge is -2.18. The van der Waals surface area contributed by atoms with Gasteiger partial charge in [-0.25, -0.2) is 17.7 Å². The summed E-state index contributed by atoms with van der Waals surface area (Å²) >= 11 is 1.08. The number of aryl methyl sites for hydroxylation is 2. The minimum atomic E-state index is -3.75. The highest BCUT2D eigenvalue weighted by atomic mass is 32.2. The highest BCUT2D eigenvalue weighted by molar-refractivity contribution is 7.99. The molecule has 0 fully saturated rings. The molecule has 9 nitrogen and oxygen atoms in total. The molecule has 0 unspecified atom stereocenters. The minimum Gasteiger partial charge on any atom is -0.495 e. The molecule has 0 atom stereocenters. The molecular formula is C27H28N4O5S2. The predicted molar refractivity (Wildman–Crippen MR) is 150 cm³/mol. The summed E-state index contributed by atoms with van der Waals surface area (Å²) in [7, 11) is 0.672. The third kappa shape index (κ3) is 5.45. The SMILES string of the molecule is COc1ccc(C)cc1NC(=O)CSc1nc2ccccc2c(=O)n1-c1cc(S(=O)(=O)N(C)C)ccc1C. The maximum atomic E-state index is 13.7. The number of nitrogens with one attached hydrogen (secondary N) is 1. The molecule has 1 heterocycles. The number of ether oxygens (including phenoxy) is 1. The molecule has 0 aliphatic rings. The number of hydrogen-bond donors (Lipinski definition) is 1. The van der Waals surface area contributed by atoms with Gasteiger partial charge in [-0.1, -0.05) is 36.0 Å². The first-order valence-corrected chi connectivity index (χ1v) is 14.1. The Bertz CT molecular complexity index is 1700. The van der Waals surface area contributed by atoms with Crippen LogP contribution in [0.2, 0.25) is 0 Å². The van der Waals surface area contributed by atoms with Gasteiger partial charge in [-0.2, -0.15) is 0 Å². The summed E-state index contributed by atoms with van der Waals surface area (Å²) in [6, 6.07) is 17.0. The van der Waals surface area contributed by atoms with Crippen molar-refractivity contribution >= 4 is 44.3 Å². The maximum Gasteiger partial charge on any atom is 0.266 e. The predicted octanol–water partition coefficient (Wildman–Crippen LogP) is 3.99. The number of methoxy groups -OCH3 is 1. The number of amides is 1. The number of aromatic nitrogens is 2. The molecule has 0 aliphatic heterocycles. The largest absolute Gasteiger partial charge is 0.495 e. The van der Waals surface area contributed by atoms with E-state index in [0.29, 0.717) is 33.6 Å². The van der Waals surface area contributed by atoms with E-state index in [1.165, 1.54) is 37.9 Å². The van der Waals surface area contributed by atoms with Gasteiger partial charge in [-0.15, -0.1) is 0 Å². The van der Waals surface area contributed by atoms with E-state index in [2.05, 4.69) is 10.3 Å². The van der Waals surface area contributed by atoms with Crippen LogP contribution in [-0.2, 0) is 14.8 Å². The van der Waals surface area contributed by atoms with Crippen molar-refractivity contribution in [2.24, 2.45) is 0 Å². The quantitative estimate of drug-likeness (QED) is 0.260. The third-order valence-corrected chi connectivity index (χ3v) is 8.66. The highest BCUT2D eigenvalue weighted by Gasteiger charge is 2.22. The zero-order chi connectivity index (χ0) is 27.6. The van der Waals surface area contributed by atoms with Crippen LogP contribution in [0.4, 0.5) is 5.69 Å². The van der Waals surface area contributed by atoms with Gasteiger partial charge in [0.2, 0.25) is 15.9 Å². The van der Waals surface area contributed by atoms with Gasteiger partial charge < -0.3 is 10.1 Å². The first-order valence-electron chi connectivity index (χ1n) is 11.7. The number of anilines is 1. The molecule has 0 spiro atoms. The zero-order valence-corrected chi connectivity index (χ0v) is 23.3. The molecule has 1 N–H and O–H groups in total. The molecular weight excluding hydrogens is 524 g/mol. The number of para-hydroxylation sites is 1. The van der Waals surface area contributed by atoms with Crippen molar-refractivity contribution in [2.45, 2.75) is 23.9 Å². The lowest BCUT2D eigenvalue weighted by atomic mass is 10.2. The Hall–Kier alpha value is -3.67. The van der Waals surface area contributed by atoms with E-state index < -0.39 is 10.0 Å². The Kier molecular flexibility index (Phi) is 7.91. The molecule has 0 saturated carbocycles. The monoisotopic (exact) mass is 552 g/mol. The molecule has 0 saturated heterocycles. The van der Waals surface area contributed by atoms with Crippen molar-refractivity contribution in [3.8, 4) is 11.4 Å². The maximum absolute atomic E-state index is 13.7. The summed E-state index contributed by atoms with van der Waals surface area (Å²) in [5, 5.41) is 3.50. The molecule has 4 aromatic rings. The summed E-state index contributed by atoms with van der Waals surface area (Å²) < 4.78 is 33.5. The van der Waals surface area contributed by atoms with Crippen molar-refractivity contribution in [1.82, 2.24) is 13.9 Å². The number of fused-ring (bicyclic) bond motifs is 1. The van der Waals surface area contributed by atoms with E-state index in [1.807, 2.05) is 19.1 Å². The minimum absolute atomic E-state index is 0.0448. The van der Waals surface area contributed by atoms with Crippen molar-refractivity contribution in [1.29, 1.82) is 0 Å². The van der Waals surface area contributed by atoms with Crippen LogP contribution >= 0.6 is 11.8 Å². The molecule has 4 rings (SSSR count). The van der Waals surface area contributed by atoms with E-state index >= 15 is 0 Å². The number of thioether (sulfide) groups is 1. The van der Waals surface area contributed by atoms with E-state index in [0.717, 1.165) is 21.6 Å². The van der Waals surface area contributed by atoms with Crippen molar-refractivity contribution in [3.63, 3.8) is 0 Å². The second kappa shape index (κ2) is 11.0. The number of carbonyl (C=O) groups excluding carboxylic acids is 1. The van der Waals surface area contributed by atoms with Crippen LogP contribution < -0.4 is 15.6 Å². The summed E-state index contributed by atoms with van der Waals surface area (Å²) in [6.45, 7) is 3.70. The molecule has 0 radical (unpaired) electrons. The van der Waals surface area contributed by atoms with E-state index in [9.17, 15) is 18.0 Å². The molecule has 1 amide bonds. The number of rotatable bonds is 8. The lowest BCUT2D eigenvalue weighted by molar-refractivity contribution is -0.113.